The minimum absolute atomic E-state index is 0.705. The molecule has 0 aliphatic carbocycles. The van der Waals surface area contributed by atoms with Crippen LogP contribution in [0.15, 0.2) is 0 Å². The van der Waals surface area contributed by atoms with Crippen LogP contribution in [-0.2, 0) is 0 Å². The van der Waals surface area contributed by atoms with Crippen molar-refractivity contribution in [2.45, 2.75) is 59.4 Å². The van der Waals surface area contributed by atoms with E-state index in [0.717, 1.165) is 24.9 Å². The lowest BCUT2D eigenvalue weighted by Gasteiger charge is -2.36. The Morgan fingerprint density at radius 3 is 2.29 bits per heavy atom. The highest BCUT2D eigenvalue weighted by atomic mass is 15.2. The second-order valence-corrected chi connectivity index (χ2v) is 6.17. The summed E-state index contributed by atoms with van der Waals surface area (Å²) in [4.78, 5) is 2.67. The van der Waals surface area contributed by atoms with E-state index in [-0.39, 0.29) is 0 Å². The van der Waals surface area contributed by atoms with Crippen LogP contribution in [0.1, 0.15) is 53.4 Å². The number of likely N-dealkylation sites (tertiary alicyclic amines) is 1. The fraction of sp³-hybridized carbons (Fsp3) is 1.00. The van der Waals surface area contributed by atoms with E-state index in [1.54, 1.807) is 0 Å². The van der Waals surface area contributed by atoms with Gasteiger partial charge in [0.05, 0.1) is 0 Å². The zero-order chi connectivity index (χ0) is 12.7. The van der Waals surface area contributed by atoms with Gasteiger partial charge in [0.2, 0.25) is 0 Å². The molecule has 0 aromatic heterocycles. The van der Waals surface area contributed by atoms with Gasteiger partial charge in [-0.1, -0.05) is 33.6 Å². The van der Waals surface area contributed by atoms with Gasteiger partial charge in [0.15, 0.2) is 0 Å². The second-order valence-electron chi connectivity index (χ2n) is 6.17. The largest absolute Gasteiger partial charge is 0.315 e. The Hall–Kier alpha value is -0.0800. The van der Waals surface area contributed by atoms with Crippen molar-refractivity contribution < 1.29 is 0 Å². The Bertz CT molecular complexity index is 183. The van der Waals surface area contributed by atoms with Crippen molar-refractivity contribution in [3.63, 3.8) is 0 Å². The smallest absolute Gasteiger partial charge is 0.0192 e. The van der Waals surface area contributed by atoms with Crippen molar-refractivity contribution >= 4 is 0 Å². The first-order valence-electron chi connectivity index (χ1n) is 7.58. The summed E-state index contributed by atoms with van der Waals surface area (Å²) in [7, 11) is 0. The summed E-state index contributed by atoms with van der Waals surface area (Å²) in [6.07, 6.45) is 5.63. The number of piperidine rings is 1. The maximum Gasteiger partial charge on any atom is 0.0192 e. The third-order valence-electron chi connectivity index (χ3n) is 3.96. The number of hydrogen-bond donors (Lipinski definition) is 1. The van der Waals surface area contributed by atoms with E-state index in [9.17, 15) is 0 Å². The second kappa shape index (κ2) is 8.10. The molecule has 1 saturated heterocycles. The zero-order valence-corrected chi connectivity index (χ0v) is 12.3. The van der Waals surface area contributed by atoms with Crippen LogP contribution in [0.3, 0.4) is 0 Å². The van der Waals surface area contributed by atoms with Crippen molar-refractivity contribution in [2.24, 2.45) is 11.8 Å². The Balaban J connectivity index is 2.14. The van der Waals surface area contributed by atoms with Gasteiger partial charge in [-0.25, -0.2) is 0 Å². The Morgan fingerprint density at radius 1 is 1.12 bits per heavy atom. The summed E-state index contributed by atoms with van der Waals surface area (Å²) in [5.41, 5.74) is 0. The molecule has 2 nitrogen and oxygen atoms in total. The van der Waals surface area contributed by atoms with Crippen LogP contribution in [0.2, 0.25) is 0 Å². The lowest BCUT2D eigenvalue weighted by Crippen LogP contribution is -2.45. The average Bonchev–Trinajstić information content (AvgIpc) is 2.30. The molecule has 102 valence electrons. The van der Waals surface area contributed by atoms with Gasteiger partial charge < -0.3 is 5.32 Å². The number of nitrogens with one attached hydrogen (secondary N) is 1. The molecule has 2 heteroatoms. The molecule has 0 saturated carbocycles. The molecular weight excluding hydrogens is 208 g/mol. The van der Waals surface area contributed by atoms with E-state index in [1.807, 2.05) is 0 Å². The summed E-state index contributed by atoms with van der Waals surface area (Å²) in [5, 5.41) is 3.58. The summed E-state index contributed by atoms with van der Waals surface area (Å²) in [5.74, 6) is 1.77. The molecule has 0 aromatic carbocycles. The highest BCUT2D eigenvalue weighted by Crippen LogP contribution is 2.22. The van der Waals surface area contributed by atoms with Crippen LogP contribution >= 0.6 is 0 Å². The molecule has 1 N–H and O–H groups in total. The van der Waals surface area contributed by atoms with Gasteiger partial charge in [-0.15, -0.1) is 0 Å². The number of rotatable bonds is 7. The van der Waals surface area contributed by atoms with Gasteiger partial charge >= 0.3 is 0 Å². The molecule has 1 aliphatic heterocycles. The molecule has 1 rings (SSSR count). The van der Waals surface area contributed by atoms with Crippen LogP contribution < -0.4 is 5.32 Å². The number of hydrogen-bond acceptors (Lipinski definition) is 2. The molecule has 1 atom stereocenters. The standard InChI is InChI=1S/C15H32N2/c1-5-6-15-7-9-17(10-8-15)14(4)12-16-11-13(2)3/h13-16H,5-12H2,1-4H3. The van der Waals surface area contributed by atoms with E-state index < -0.39 is 0 Å². The molecule has 1 aliphatic rings. The van der Waals surface area contributed by atoms with Gasteiger partial charge in [-0.2, -0.15) is 0 Å². The highest BCUT2D eigenvalue weighted by Gasteiger charge is 2.21. The van der Waals surface area contributed by atoms with Crippen molar-refractivity contribution in [3.05, 3.63) is 0 Å². The van der Waals surface area contributed by atoms with Crippen LogP contribution in [-0.4, -0.2) is 37.1 Å². The van der Waals surface area contributed by atoms with E-state index in [2.05, 4.69) is 37.9 Å². The lowest BCUT2D eigenvalue weighted by molar-refractivity contribution is 0.135. The highest BCUT2D eigenvalue weighted by molar-refractivity contribution is 4.77. The van der Waals surface area contributed by atoms with Crippen LogP contribution in [0, 0.1) is 11.8 Å². The maximum atomic E-state index is 3.58. The van der Waals surface area contributed by atoms with Gasteiger partial charge in [0.25, 0.3) is 0 Å². The number of nitrogens with zero attached hydrogens (tertiary/aromatic N) is 1. The van der Waals surface area contributed by atoms with Gasteiger partial charge in [-0.05, 0) is 51.2 Å². The topological polar surface area (TPSA) is 15.3 Å². The van der Waals surface area contributed by atoms with Gasteiger partial charge in [0, 0.05) is 12.6 Å². The fourth-order valence-corrected chi connectivity index (χ4v) is 2.80. The quantitative estimate of drug-likeness (QED) is 0.735. The summed E-state index contributed by atoms with van der Waals surface area (Å²) < 4.78 is 0. The molecule has 0 radical (unpaired) electrons. The van der Waals surface area contributed by atoms with E-state index >= 15 is 0 Å². The maximum absolute atomic E-state index is 3.58. The summed E-state index contributed by atoms with van der Waals surface area (Å²) in [6.45, 7) is 14.2. The lowest BCUT2D eigenvalue weighted by atomic mass is 9.92. The monoisotopic (exact) mass is 240 g/mol. The first-order chi connectivity index (χ1) is 8.13. The van der Waals surface area contributed by atoms with Crippen LogP contribution in [0.25, 0.3) is 0 Å². The molecule has 1 heterocycles. The fourth-order valence-electron chi connectivity index (χ4n) is 2.80. The predicted octanol–water partition coefficient (Wildman–Crippen LogP) is 3.13. The van der Waals surface area contributed by atoms with E-state index in [1.165, 1.54) is 38.8 Å². The minimum Gasteiger partial charge on any atom is -0.315 e. The molecule has 1 unspecified atom stereocenters. The molecule has 0 aromatic rings. The first-order valence-corrected chi connectivity index (χ1v) is 7.58. The molecule has 0 amide bonds. The van der Waals surface area contributed by atoms with Gasteiger partial charge in [-0.3, -0.25) is 4.90 Å². The van der Waals surface area contributed by atoms with Crippen molar-refractivity contribution in [2.75, 3.05) is 26.2 Å². The van der Waals surface area contributed by atoms with Crippen molar-refractivity contribution in [3.8, 4) is 0 Å². The van der Waals surface area contributed by atoms with Crippen LogP contribution in [0.4, 0.5) is 0 Å². The third-order valence-corrected chi connectivity index (χ3v) is 3.96. The molecule has 17 heavy (non-hydrogen) atoms. The van der Waals surface area contributed by atoms with Crippen LogP contribution in [0.5, 0.6) is 0 Å². The SMILES string of the molecule is CCCC1CCN(C(C)CNCC(C)C)CC1. The summed E-state index contributed by atoms with van der Waals surface area (Å²) in [6, 6.07) is 0.705. The van der Waals surface area contributed by atoms with Gasteiger partial charge in [0.1, 0.15) is 0 Å². The molecular formula is C15H32N2. The Morgan fingerprint density at radius 2 is 1.76 bits per heavy atom. The Kier molecular flexibility index (Phi) is 7.14. The van der Waals surface area contributed by atoms with E-state index in [0.29, 0.717) is 6.04 Å². The van der Waals surface area contributed by atoms with E-state index in [4.69, 9.17) is 0 Å². The molecule has 0 spiro atoms. The van der Waals surface area contributed by atoms with Crippen molar-refractivity contribution in [1.29, 1.82) is 0 Å². The first kappa shape index (κ1) is 15.0. The molecule has 1 fully saturated rings. The predicted molar refractivity (Wildman–Crippen MR) is 76.4 cm³/mol. The summed E-state index contributed by atoms with van der Waals surface area (Å²) >= 11 is 0. The zero-order valence-electron chi connectivity index (χ0n) is 12.3. The van der Waals surface area contributed by atoms with Crippen molar-refractivity contribution in [1.82, 2.24) is 10.2 Å². The average molecular weight is 240 g/mol. The third kappa shape index (κ3) is 5.87. The molecule has 0 bridgehead atoms. The Labute approximate surface area is 108 Å². The minimum atomic E-state index is 0.705. The normalized spacial score (nSPS) is 21.0.